The number of carbonyl (C=O) groups is 1. The number of hydrogen-bond acceptors (Lipinski definition) is 4. The molecule has 5 nitrogen and oxygen atoms in total. The summed E-state index contributed by atoms with van der Waals surface area (Å²) in [6, 6.07) is 6.81. The van der Waals surface area contributed by atoms with E-state index in [1.165, 1.54) is 12.0 Å². The third-order valence-corrected chi connectivity index (χ3v) is 2.86. The maximum atomic E-state index is 12.1. The maximum absolute atomic E-state index is 12.1. The quantitative estimate of drug-likeness (QED) is 0.752. The minimum absolute atomic E-state index is 0.164. The summed E-state index contributed by atoms with van der Waals surface area (Å²) in [6.45, 7) is 0.328. The van der Waals surface area contributed by atoms with E-state index in [-0.39, 0.29) is 19.0 Å². The summed E-state index contributed by atoms with van der Waals surface area (Å²) in [4.78, 5) is 13.5. The Bertz CT molecular complexity index is 411. The lowest BCUT2D eigenvalue weighted by atomic mass is 10.2. The molecule has 1 amide bonds. The van der Waals surface area contributed by atoms with Crippen molar-refractivity contribution < 1.29 is 19.7 Å². The van der Waals surface area contributed by atoms with Crippen LogP contribution in [0.25, 0.3) is 0 Å². The lowest BCUT2D eigenvalue weighted by Crippen LogP contribution is -2.29. The van der Waals surface area contributed by atoms with Crippen molar-refractivity contribution in [3.05, 3.63) is 29.8 Å². The molecule has 1 aromatic carbocycles. The van der Waals surface area contributed by atoms with E-state index < -0.39 is 12.2 Å². The third-order valence-electron chi connectivity index (χ3n) is 2.86. The molecule has 5 heteroatoms. The molecule has 1 heterocycles. The number of carbonyl (C=O) groups excluding carboxylic acids is 1. The Balaban J connectivity index is 2.14. The highest BCUT2D eigenvalue weighted by molar-refractivity contribution is 5.94. The number of hydrogen-bond donors (Lipinski definition) is 2. The lowest BCUT2D eigenvalue weighted by Gasteiger charge is -2.15. The van der Waals surface area contributed by atoms with Gasteiger partial charge in [-0.1, -0.05) is 6.07 Å². The van der Waals surface area contributed by atoms with Gasteiger partial charge in [-0.2, -0.15) is 0 Å². The minimum atomic E-state index is -0.857. The number of nitrogens with zero attached hydrogens (tertiary/aromatic N) is 1. The smallest absolute Gasteiger partial charge is 0.254 e. The number of likely N-dealkylation sites (tertiary alicyclic amines) is 1. The first kappa shape index (κ1) is 11.9. The van der Waals surface area contributed by atoms with Crippen molar-refractivity contribution in [3.8, 4) is 5.75 Å². The first-order valence-corrected chi connectivity index (χ1v) is 5.41. The van der Waals surface area contributed by atoms with Crippen LogP contribution in [0.1, 0.15) is 10.4 Å². The fourth-order valence-corrected chi connectivity index (χ4v) is 1.87. The topological polar surface area (TPSA) is 70.0 Å². The molecule has 17 heavy (non-hydrogen) atoms. The van der Waals surface area contributed by atoms with Crippen LogP contribution in [-0.4, -0.2) is 53.4 Å². The highest BCUT2D eigenvalue weighted by Gasteiger charge is 2.32. The van der Waals surface area contributed by atoms with E-state index in [2.05, 4.69) is 0 Å². The number of ether oxygens (including phenoxy) is 1. The average molecular weight is 237 g/mol. The van der Waals surface area contributed by atoms with E-state index in [4.69, 9.17) is 4.74 Å². The number of aliphatic hydroxyl groups is 2. The molecule has 1 saturated heterocycles. The van der Waals surface area contributed by atoms with Gasteiger partial charge in [0.1, 0.15) is 5.75 Å². The molecular formula is C12H15NO4. The predicted molar refractivity (Wildman–Crippen MR) is 60.9 cm³/mol. The fourth-order valence-electron chi connectivity index (χ4n) is 1.87. The summed E-state index contributed by atoms with van der Waals surface area (Å²) >= 11 is 0. The summed E-state index contributed by atoms with van der Waals surface area (Å²) in [7, 11) is 1.53. The zero-order chi connectivity index (χ0) is 12.4. The van der Waals surface area contributed by atoms with Crippen LogP contribution in [0, 0.1) is 0 Å². The molecule has 1 aliphatic heterocycles. The molecule has 0 aromatic heterocycles. The van der Waals surface area contributed by atoms with Gasteiger partial charge in [-0.15, -0.1) is 0 Å². The fraction of sp³-hybridized carbons (Fsp3) is 0.417. The molecule has 1 fully saturated rings. The number of methoxy groups -OCH3 is 1. The Kier molecular flexibility index (Phi) is 3.31. The van der Waals surface area contributed by atoms with Crippen LogP contribution < -0.4 is 4.74 Å². The number of benzene rings is 1. The van der Waals surface area contributed by atoms with Gasteiger partial charge in [0.15, 0.2) is 0 Å². The van der Waals surface area contributed by atoms with Crippen molar-refractivity contribution in [2.24, 2.45) is 0 Å². The molecule has 0 aliphatic carbocycles. The Hall–Kier alpha value is -1.59. The zero-order valence-electron chi connectivity index (χ0n) is 9.54. The van der Waals surface area contributed by atoms with E-state index in [1.807, 2.05) is 0 Å². The molecular weight excluding hydrogens is 222 g/mol. The van der Waals surface area contributed by atoms with Crippen LogP contribution in [0.4, 0.5) is 0 Å². The monoisotopic (exact) mass is 237 g/mol. The molecule has 1 aliphatic rings. The third kappa shape index (κ3) is 2.40. The number of amides is 1. The number of β-amino-alcohol motifs (C(OH)–C–C–N with tert-alkyl or cyclic N) is 2. The van der Waals surface area contributed by atoms with Crippen molar-refractivity contribution in [2.75, 3.05) is 20.2 Å². The largest absolute Gasteiger partial charge is 0.497 e. The summed E-state index contributed by atoms with van der Waals surface area (Å²) in [6.07, 6.45) is -1.71. The van der Waals surface area contributed by atoms with Gasteiger partial charge in [-0.05, 0) is 18.2 Å². The minimum Gasteiger partial charge on any atom is -0.497 e. The first-order valence-electron chi connectivity index (χ1n) is 5.41. The predicted octanol–water partition coefficient (Wildman–Crippen LogP) is -0.127. The molecule has 0 radical (unpaired) electrons. The van der Waals surface area contributed by atoms with Crippen molar-refractivity contribution in [3.63, 3.8) is 0 Å². The standard InChI is InChI=1S/C12H15NO4/c1-17-9-4-2-3-8(5-9)12(16)13-6-10(14)11(15)7-13/h2-5,10-11,14-15H,6-7H2,1H3. The van der Waals surface area contributed by atoms with Gasteiger partial charge in [0.25, 0.3) is 5.91 Å². The summed E-state index contributed by atoms with van der Waals surface area (Å²) in [5, 5.41) is 18.8. The molecule has 0 spiro atoms. The molecule has 92 valence electrons. The molecule has 2 unspecified atom stereocenters. The highest BCUT2D eigenvalue weighted by atomic mass is 16.5. The second-order valence-electron chi connectivity index (χ2n) is 4.08. The van der Waals surface area contributed by atoms with Crippen LogP contribution in [0.5, 0.6) is 5.75 Å². The van der Waals surface area contributed by atoms with E-state index in [9.17, 15) is 15.0 Å². The molecule has 2 atom stereocenters. The molecule has 1 aromatic rings. The van der Waals surface area contributed by atoms with E-state index in [1.54, 1.807) is 24.3 Å². The van der Waals surface area contributed by atoms with E-state index in [0.717, 1.165) is 0 Å². The van der Waals surface area contributed by atoms with Gasteiger partial charge in [0, 0.05) is 18.7 Å². The lowest BCUT2D eigenvalue weighted by molar-refractivity contribution is 0.0572. The van der Waals surface area contributed by atoms with Crippen molar-refractivity contribution >= 4 is 5.91 Å². The normalized spacial score (nSPS) is 23.8. The molecule has 2 N–H and O–H groups in total. The SMILES string of the molecule is COc1cccc(C(=O)N2CC(O)C(O)C2)c1. The first-order chi connectivity index (χ1) is 8.11. The van der Waals surface area contributed by atoms with Gasteiger partial charge in [0.2, 0.25) is 0 Å². The second-order valence-corrected chi connectivity index (χ2v) is 4.08. The number of aliphatic hydroxyl groups excluding tert-OH is 2. The van der Waals surface area contributed by atoms with Crippen LogP contribution in [0.15, 0.2) is 24.3 Å². The van der Waals surface area contributed by atoms with Gasteiger partial charge in [-0.25, -0.2) is 0 Å². The second kappa shape index (κ2) is 4.73. The van der Waals surface area contributed by atoms with Crippen molar-refractivity contribution in [2.45, 2.75) is 12.2 Å². The van der Waals surface area contributed by atoms with Gasteiger partial charge >= 0.3 is 0 Å². The maximum Gasteiger partial charge on any atom is 0.254 e. The van der Waals surface area contributed by atoms with E-state index in [0.29, 0.717) is 11.3 Å². The Morgan fingerprint density at radius 3 is 2.59 bits per heavy atom. The molecule has 2 rings (SSSR count). The molecule has 0 saturated carbocycles. The van der Waals surface area contributed by atoms with Gasteiger partial charge in [-0.3, -0.25) is 4.79 Å². The summed E-state index contributed by atoms with van der Waals surface area (Å²) < 4.78 is 5.04. The van der Waals surface area contributed by atoms with Gasteiger partial charge < -0.3 is 19.8 Å². The zero-order valence-corrected chi connectivity index (χ0v) is 9.54. The average Bonchev–Trinajstić information content (AvgIpc) is 2.69. The summed E-state index contributed by atoms with van der Waals surface area (Å²) in [5.74, 6) is 0.399. The summed E-state index contributed by atoms with van der Waals surface area (Å²) in [5.41, 5.74) is 0.491. The Morgan fingerprint density at radius 2 is 2.00 bits per heavy atom. The Labute approximate surface area is 99.2 Å². The van der Waals surface area contributed by atoms with Crippen LogP contribution >= 0.6 is 0 Å². The number of rotatable bonds is 2. The van der Waals surface area contributed by atoms with Crippen molar-refractivity contribution in [1.29, 1.82) is 0 Å². The van der Waals surface area contributed by atoms with Crippen molar-refractivity contribution in [1.82, 2.24) is 4.90 Å². The Morgan fingerprint density at radius 1 is 1.35 bits per heavy atom. The van der Waals surface area contributed by atoms with Crippen LogP contribution in [0.3, 0.4) is 0 Å². The van der Waals surface area contributed by atoms with Gasteiger partial charge in [0.05, 0.1) is 19.3 Å². The van der Waals surface area contributed by atoms with Crippen LogP contribution in [0.2, 0.25) is 0 Å². The van der Waals surface area contributed by atoms with Crippen LogP contribution in [-0.2, 0) is 0 Å². The molecule has 0 bridgehead atoms. The van der Waals surface area contributed by atoms with E-state index >= 15 is 0 Å². The highest BCUT2D eigenvalue weighted by Crippen LogP contribution is 2.17.